The van der Waals surface area contributed by atoms with Crippen LogP contribution in [0.15, 0.2) is 59.5 Å². The summed E-state index contributed by atoms with van der Waals surface area (Å²) < 4.78 is 27.2. The minimum atomic E-state index is -3.54. The van der Waals surface area contributed by atoms with Gasteiger partial charge in [0.1, 0.15) is 11.3 Å². The molecule has 0 spiro atoms. The van der Waals surface area contributed by atoms with Crippen molar-refractivity contribution in [2.45, 2.75) is 18.2 Å². The first-order valence-corrected chi connectivity index (χ1v) is 11.9. The van der Waals surface area contributed by atoms with Crippen LogP contribution in [-0.4, -0.2) is 34.8 Å². The Morgan fingerprint density at radius 2 is 1.93 bits per heavy atom. The Balaban J connectivity index is 1.53. The predicted molar refractivity (Wildman–Crippen MR) is 118 cm³/mol. The third-order valence-corrected chi connectivity index (χ3v) is 7.37. The summed E-state index contributed by atoms with van der Waals surface area (Å²) in [5.74, 6) is -0.285. The Morgan fingerprint density at radius 1 is 1.17 bits per heavy atom. The molecule has 154 valence electrons. The number of fused-ring (bicyclic) bond motifs is 1. The van der Waals surface area contributed by atoms with Crippen molar-refractivity contribution in [2.24, 2.45) is 0 Å². The highest BCUT2D eigenvalue weighted by Gasteiger charge is 2.19. The third-order valence-electron chi connectivity index (χ3n) is 4.34. The van der Waals surface area contributed by atoms with Crippen LogP contribution in [0.3, 0.4) is 0 Å². The first kappa shape index (κ1) is 20.5. The van der Waals surface area contributed by atoms with E-state index in [-0.39, 0.29) is 17.1 Å². The number of halogens is 1. The quantitative estimate of drug-likeness (QED) is 0.464. The lowest BCUT2D eigenvalue weighted by Gasteiger charge is -2.07. The van der Waals surface area contributed by atoms with Crippen molar-refractivity contribution in [1.82, 2.24) is 14.8 Å². The molecule has 1 amide bonds. The van der Waals surface area contributed by atoms with Crippen LogP contribution in [-0.2, 0) is 14.6 Å². The van der Waals surface area contributed by atoms with Gasteiger partial charge in [0.15, 0.2) is 9.84 Å². The maximum atomic E-state index is 12.5. The number of sulfone groups is 1. The van der Waals surface area contributed by atoms with Crippen molar-refractivity contribution in [3.8, 4) is 5.13 Å². The highest BCUT2D eigenvalue weighted by molar-refractivity contribution is 7.91. The van der Waals surface area contributed by atoms with E-state index in [0.717, 1.165) is 4.70 Å². The highest BCUT2D eigenvalue weighted by Crippen LogP contribution is 2.31. The normalized spacial score (nSPS) is 11.7. The number of para-hydroxylation sites is 1. The summed E-state index contributed by atoms with van der Waals surface area (Å²) in [5, 5.41) is 8.24. The third kappa shape index (κ3) is 4.23. The van der Waals surface area contributed by atoms with Gasteiger partial charge in [-0.25, -0.2) is 13.4 Å². The van der Waals surface area contributed by atoms with Crippen LogP contribution in [0.2, 0.25) is 5.02 Å². The summed E-state index contributed by atoms with van der Waals surface area (Å²) in [5.41, 5.74) is 1.35. The number of hydrogen-bond acceptors (Lipinski definition) is 6. The lowest BCUT2D eigenvalue weighted by Crippen LogP contribution is -2.19. The van der Waals surface area contributed by atoms with E-state index in [1.807, 2.05) is 12.1 Å². The highest BCUT2D eigenvalue weighted by atomic mass is 35.5. The number of carbonyl (C=O) groups is 1. The van der Waals surface area contributed by atoms with Crippen LogP contribution in [0.25, 0.3) is 15.3 Å². The van der Waals surface area contributed by atoms with Crippen LogP contribution in [0.4, 0.5) is 5.82 Å². The second-order valence-corrected chi connectivity index (χ2v) is 10.1. The fourth-order valence-electron chi connectivity index (χ4n) is 2.91. The predicted octanol–water partition coefficient (Wildman–Crippen LogP) is 4.25. The standard InChI is InChI=1S/C20H17ClN4O3S2/c1-13-12-17(22-18(26)10-11-30(27,28)14-6-3-2-4-7-14)25(24-13)20-23-19-15(21)8-5-9-16(19)29-20/h2-9,12H,10-11H2,1H3,(H,22,26). The molecular weight excluding hydrogens is 444 g/mol. The van der Waals surface area contributed by atoms with Gasteiger partial charge >= 0.3 is 0 Å². The lowest BCUT2D eigenvalue weighted by molar-refractivity contribution is -0.115. The Bertz CT molecular complexity index is 1330. The summed E-state index contributed by atoms with van der Waals surface area (Å²) in [7, 11) is -3.54. The average molecular weight is 461 g/mol. The van der Waals surface area contributed by atoms with Gasteiger partial charge in [0, 0.05) is 12.5 Å². The first-order chi connectivity index (χ1) is 14.3. The van der Waals surface area contributed by atoms with Gasteiger partial charge in [-0.2, -0.15) is 9.78 Å². The topological polar surface area (TPSA) is 94.0 Å². The van der Waals surface area contributed by atoms with E-state index >= 15 is 0 Å². The molecule has 4 rings (SSSR count). The van der Waals surface area contributed by atoms with E-state index in [0.29, 0.717) is 27.2 Å². The molecule has 0 bridgehead atoms. The molecule has 2 heterocycles. The molecule has 2 aromatic carbocycles. The number of nitrogens with one attached hydrogen (secondary N) is 1. The second kappa shape index (κ2) is 8.17. The largest absolute Gasteiger partial charge is 0.310 e. The molecule has 0 aliphatic carbocycles. The van der Waals surface area contributed by atoms with Gasteiger partial charge in [-0.15, -0.1) is 0 Å². The maximum absolute atomic E-state index is 12.5. The minimum Gasteiger partial charge on any atom is -0.310 e. The van der Waals surface area contributed by atoms with Gasteiger partial charge in [0.25, 0.3) is 0 Å². The monoisotopic (exact) mass is 460 g/mol. The van der Waals surface area contributed by atoms with Crippen molar-refractivity contribution < 1.29 is 13.2 Å². The molecule has 0 saturated heterocycles. The van der Waals surface area contributed by atoms with E-state index in [4.69, 9.17) is 11.6 Å². The number of benzene rings is 2. The van der Waals surface area contributed by atoms with E-state index in [1.165, 1.54) is 28.2 Å². The van der Waals surface area contributed by atoms with E-state index in [1.54, 1.807) is 37.3 Å². The number of nitrogens with zero attached hydrogens (tertiary/aromatic N) is 3. The van der Waals surface area contributed by atoms with Gasteiger partial charge < -0.3 is 5.32 Å². The van der Waals surface area contributed by atoms with Gasteiger partial charge in [-0.1, -0.05) is 47.2 Å². The van der Waals surface area contributed by atoms with Crippen LogP contribution < -0.4 is 5.32 Å². The molecule has 0 aliphatic rings. The van der Waals surface area contributed by atoms with Crippen LogP contribution >= 0.6 is 22.9 Å². The SMILES string of the molecule is Cc1cc(NC(=O)CCS(=O)(=O)c2ccccc2)n(-c2nc3c(Cl)cccc3s2)n1. The number of aryl methyl sites for hydroxylation is 1. The van der Waals surface area contributed by atoms with Crippen molar-refractivity contribution in [2.75, 3.05) is 11.1 Å². The number of amides is 1. The maximum Gasteiger partial charge on any atom is 0.226 e. The Morgan fingerprint density at radius 3 is 2.67 bits per heavy atom. The summed E-state index contributed by atoms with van der Waals surface area (Å²) in [6.07, 6.45) is -0.173. The Kier molecular flexibility index (Phi) is 5.59. The molecule has 0 unspecified atom stereocenters. The molecule has 0 atom stereocenters. The number of hydrogen-bond donors (Lipinski definition) is 1. The van der Waals surface area contributed by atoms with Crippen LogP contribution in [0, 0.1) is 6.92 Å². The molecule has 0 aliphatic heterocycles. The fourth-order valence-corrected chi connectivity index (χ4v) is 5.40. The Hall–Kier alpha value is -2.75. The van der Waals surface area contributed by atoms with Crippen molar-refractivity contribution >= 4 is 54.7 Å². The van der Waals surface area contributed by atoms with Crippen molar-refractivity contribution in [3.63, 3.8) is 0 Å². The zero-order valence-corrected chi connectivity index (χ0v) is 18.3. The molecule has 7 nitrogen and oxygen atoms in total. The van der Waals surface area contributed by atoms with Crippen molar-refractivity contribution in [3.05, 3.63) is 65.3 Å². The summed E-state index contributed by atoms with van der Waals surface area (Å²) >= 11 is 7.60. The Labute approximate surface area is 182 Å². The zero-order valence-electron chi connectivity index (χ0n) is 15.9. The van der Waals surface area contributed by atoms with Gasteiger partial charge in [0.2, 0.25) is 11.0 Å². The van der Waals surface area contributed by atoms with E-state index in [2.05, 4.69) is 15.4 Å². The van der Waals surface area contributed by atoms with Crippen LogP contribution in [0.1, 0.15) is 12.1 Å². The molecule has 30 heavy (non-hydrogen) atoms. The fraction of sp³-hybridized carbons (Fsp3) is 0.150. The van der Waals surface area contributed by atoms with Crippen molar-refractivity contribution in [1.29, 1.82) is 0 Å². The second-order valence-electron chi connectivity index (χ2n) is 6.60. The molecule has 2 aromatic heterocycles. The molecular formula is C20H17ClN4O3S2. The lowest BCUT2D eigenvalue weighted by atomic mass is 10.3. The number of rotatable bonds is 6. The molecule has 10 heteroatoms. The first-order valence-electron chi connectivity index (χ1n) is 9.03. The number of aromatic nitrogens is 3. The molecule has 4 aromatic rings. The van der Waals surface area contributed by atoms with Gasteiger partial charge in [-0.3, -0.25) is 4.79 Å². The van der Waals surface area contributed by atoms with E-state index < -0.39 is 15.7 Å². The summed E-state index contributed by atoms with van der Waals surface area (Å²) in [6.45, 7) is 1.80. The zero-order chi connectivity index (χ0) is 21.3. The molecule has 0 fully saturated rings. The molecule has 0 saturated carbocycles. The number of carbonyl (C=O) groups excluding carboxylic acids is 1. The van der Waals surface area contributed by atoms with Crippen LogP contribution in [0.5, 0.6) is 0 Å². The minimum absolute atomic E-state index is 0.173. The molecule has 0 radical (unpaired) electrons. The summed E-state index contributed by atoms with van der Waals surface area (Å²) in [4.78, 5) is 17.2. The number of anilines is 1. The average Bonchev–Trinajstić information content (AvgIpc) is 3.31. The van der Waals surface area contributed by atoms with Gasteiger partial charge in [-0.05, 0) is 31.2 Å². The van der Waals surface area contributed by atoms with E-state index in [9.17, 15) is 13.2 Å². The van der Waals surface area contributed by atoms with Gasteiger partial charge in [0.05, 0.1) is 26.1 Å². The number of thiazole rings is 1. The smallest absolute Gasteiger partial charge is 0.226 e. The summed E-state index contributed by atoms with van der Waals surface area (Å²) in [6, 6.07) is 15.3. The molecule has 1 N–H and O–H groups in total.